The SMILES string of the molecule is CCCc1nnsc1C(NC)C1CCCOC1. The average molecular weight is 255 g/mol. The summed E-state index contributed by atoms with van der Waals surface area (Å²) < 4.78 is 9.70. The monoisotopic (exact) mass is 255 g/mol. The van der Waals surface area contributed by atoms with E-state index in [1.165, 1.54) is 28.5 Å². The molecule has 1 aromatic heterocycles. The predicted molar refractivity (Wildman–Crippen MR) is 69.2 cm³/mol. The standard InChI is InChI=1S/C12H21N3OS/c1-3-5-10-12(17-15-14-10)11(13-2)9-6-4-7-16-8-9/h9,11,13H,3-8H2,1-2H3. The van der Waals surface area contributed by atoms with Crippen LogP contribution in [0.3, 0.4) is 0 Å². The largest absolute Gasteiger partial charge is 0.381 e. The van der Waals surface area contributed by atoms with Gasteiger partial charge in [-0.1, -0.05) is 17.8 Å². The first-order valence-electron chi connectivity index (χ1n) is 6.43. The van der Waals surface area contributed by atoms with E-state index in [-0.39, 0.29) is 0 Å². The molecule has 2 heterocycles. The van der Waals surface area contributed by atoms with E-state index < -0.39 is 0 Å². The van der Waals surface area contributed by atoms with E-state index in [1.807, 2.05) is 7.05 Å². The van der Waals surface area contributed by atoms with Crippen LogP contribution in [0.25, 0.3) is 0 Å². The summed E-state index contributed by atoms with van der Waals surface area (Å²) >= 11 is 1.54. The molecule has 1 aromatic rings. The molecule has 1 aliphatic heterocycles. The zero-order valence-corrected chi connectivity index (χ0v) is 11.4. The Kier molecular flexibility index (Phi) is 4.88. The van der Waals surface area contributed by atoms with Crippen LogP contribution in [0.15, 0.2) is 0 Å². The highest BCUT2D eigenvalue weighted by Gasteiger charge is 2.28. The minimum atomic E-state index is 0.358. The normalized spacial score (nSPS) is 22.6. The molecule has 17 heavy (non-hydrogen) atoms. The lowest BCUT2D eigenvalue weighted by Gasteiger charge is -2.29. The molecule has 0 spiro atoms. The molecular formula is C12H21N3OS. The Bertz CT molecular complexity index is 336. The van der Waals surface area contributed by atoms with Gasteiger partial charge in [0.15, 0.2) is 0 Å². The van der Waals surface area contributed by atoms with Gasteiger partial charge in [0.2, 0.25) is 0 Å². The first-order chi connectivity index (χ1) is 8.36. The Morgan fingerprint density at radius 2 is 2.47 bits per heavy atom. The second-order valence-electron chi connectivity index (χ2n) is 4.58. The first kappa shape index (κ1) is 12.9. The molecule has 0 saturated carbocycles. The van der Waals surface area contributed by atoms with Crippen molar-refractivity contribution in [3.63, 3.8) is 0 Å². The summed E-state index contributed by atoms with van der Waals surface area (Å²) in [5.41, 5.74) is 1.17. The van der Waals surface area contributed by atoms with Gasteiger partial charge in [-0.2, -0.15) is 0 Å². The fraction of sp³-hybridized carbons (Fsp3) is 0.833. The van der Waals surface area contributed by atoms with Crippen molar-refractivity contribution in [1.82, 2.24) is 14.9 Å². The molecule has 5 heteroatoms. The van der Waals surface area contributed by atoms with Gasteiger partial charge in [0, 0.05) is 18.6 Å². The molecule has 2 rings (SSSR count). The number of aromatic nitrogens is 2. The van der Waals surface area contributed by atoms with Gasteiger partial charge in [0.25, 0.3) is 0 Å². The van der Waals surface area contributed by atoms with Gasteiger partial charge in [0.1, 0.15) is 0 Å². The summed E-state index contributed by atoms with van der Waals surface area (Å²) in [7, 11) is 2.02. The maximum atomic E-state index is 5.59. The van der Waals surface area contributed by atoms with Gasteiger partial charge in [-0.05, 0) is 37.8 Å². The van der Waals surface area contributed by atoms with E-state index in [0.717, 1.165) is 32.5 Å². The number of hydrogen-bond acceptors (Lipinski definition) is 5. The third kappa shape index (κ3) is 3.03. The third-order valence-corrected chi connectivity index (χ3v) is 4.18. The van der Waals surface area contributed by atoms with Gasteiger partial charge < -0.3 is 10.1 Å². The van der Waals surface area contributed by atoms with Crippen LogP contribution in [0.1, 0.15) is 42.8 Å². The topological polar surface area (TPSA) is 47.0 Å². The van der Waals surface area contributed by atoms with Crippen LogP contribution in [0.4, 0.5) is 0 Å². The fourth-order valence-electron chi connectivity index (χ4n) is 2.47. The van der Waals surface area contributed by atoms with Gasteiger partial charge in [-0.25, -0.2) is 0 Å². The van der Waals surface area contributed by atoms with Crippen molar-refractivity contribution in [3.8, 4) is 0 Å². The molecule has 2 atom stereocenters. The summed E-state index contributed by atoms with van der Waals surface area (Å²) in [6.07, 6.45) is 4.54. The van der Waals surface area contributed by atoms with E-state index in [0.29, 0.717) is 12.0 Å². The lowest BCUT2D eigenvalue weighted by Crippen LogP contribution is -2.31. The van der Waals surface area contributed by atoms with Crippen molar-refractivity contribution in [3.05, 3.63) is 10.6 Å². The van der Waals surface area contributed by atoms with Gasteiger partial charge in [0.05, 0.1) is 17.2 Å². The van der Waals surface area contributed by atoms with Crippen LogP contribution >= 0.6 is 11.5 Å². The minimum Gasteiger partial charge on any atom is -0.381 e. The molecule has 0 aromatic carbocycles. The van der Waals surface area contributed by atoms with E-state index in [2.05, 4.69) is 21.8 Å². The zero-order valence-electron chi connectivity index (χ0n) is 10.6. The first-order valence-corrected chi connectivity index (χ1v) is 7.20. The Labute approximate surface area is 107 Å². The number of aryl methyl sites for hydroxylation is 1. The number of ether oxygens (including phenoxy) is 1. The molecule has 0 radical (unpaired) electrons. The van der Waals surface area contributed by atoms with Crippen molar-refractivity contribution >= 4 is 11.5 Å². The zero-order chi connectivity index (χ0) is 12.1. The van der Waals surface area contributed by atoms with Crippen molar-refractivity contribution in [1.29, 1.82) is 0 Å². The second kappa shape index (κ2) is 6.42. The Morgan fingerprint density at radius 1 is 1.59 bits per heavy atom. The van der Waals surface area contributed by atoms with Crippen molar-refractivity contribution < 1.29 is 4.74 Å². The quantitative estimate of drug-likeness (QED) is 0.876. The highest BCUT2D eigenvalue weighted by Crippen LogP contribution is 2.32. The molecule has 1 aliphatic rings. The van der Waals surface area contributed by atoms with Crippen LogP contribution in [0, 0.1) is 5.92 Å². The number of rotatable bonds is 5. The lowest BCUT2D eigenvalue weighted by atomic mass is 9.91. The van der Waals surface area contributed by atoms with E-state index in [9.17, 15) is 0 Å². The predicted octanol–water partition coefficient (Wildman–Crippen LogP) is 2.18. The molecule has 0 aliphatic carbocycles. The molecular weight excluding hydrogens is 234 g/mol. The molecule has 1 saturated heterocycles. The average Bonchev–Trinajstić information content (AvgIpc) is 2.81. The number of nitrogens with zero attached hydrogens (tertiary/aromatic N) is 2. The molecule has 96 valence electrons. The summed E-state index contributed by atoms with van der Waals surface area (Å²) in [5, 5.41) is 7.68. The molecule has 1 fully saturated rings. The maximum absolute atomic E-state index is 5.59. The molecule has 0 amide bonds. The Hall–Kier alpha value is -0.520. The molecule has 4 nitrogen and oxygen atoms in total. The summed E-state index contributed by atoms with van der Waals surface area (Å²) in [5.74, 6) is 0.562. The lowest BCUT2D eigenvalue weighted by molar-refractivity contribution is 0.0405. The summed E-state index contributed by atoms with van der Waals surface area (Å²) in [6, 6.07) is 0.358. The summed E-state index contributed by atoms with van der Waals surface area (Å²) in [6.45, 7) is 3.95. The van der Waals surface area contributed by atoms with Gasteiger partial charge in [-0.3, -0.25) is 0 Å². The number of nitrogens with one attached hydrogen (secondary N) is 1. The van der Waals surface area contributed by atoms with Crippen molar-refractivity contribution in [2.45, 2.75) is 38.6 Å². The van der Waals surface area contributed by atoms with Crippen LogP contribution < -0.4 is 5.32 Å². The van der Waals surface area contributed by atoms with Crippen LogP contribution in [-0.2, 0) is 11.2 Å². The highest BCUT2D eigenvalue weighted by atomic mass is 32.1. The summed E-state index contributed by atoms with van der Waals surface area (Å²) in [4.78, 5) is 1.31. The van der Waals surface area contributed by atoms with Crippen LogP contribution in [-0.4, -0.2) is 29.8 Å². The fourth-order valence-corrected chi connectivity index (χ4v) is 3.37. The Morgan fingerprint density at radius 3 is 3.12 bits per heavy atom. The molecule has 0 bridgehead atoms. The molecule has 1 N–H and O–H groups in total. The highest BCUT2D eigenvalue weighted by molar-refractivity contribution is 7.05. The van der Waals surface area contributed by atoms with Crippen molar-refractivity contribution in [2.75, 3.05) is 20.3 Å². The van der Waals surface area contributed by atoms with E-state index >= 15 is 0 Å². The van der Waals surface area contributed by atoms with Crippen LogP contribution in [0.2, 0.25) is 0 Å². The molecule has 2 unspecified atom stereocenters. The third-order valence-electron chi connectivity index (χ3n) is 3.33. The van der Waals surface area contributed by atoms with Gasteiger partial charge >= 0.3 is 0 Å². The van der Waals surface area contributed by atoms with Gasteiger partial charge in [-0.15, -0.1) is 5.10 Å². The second-order valence-corrected chi connectivity index (χ2v) is 5.36. The van der Waals surface area contributed by atoms with E-state index in [4.69, 9.17) is 4.74 Å². The Balaban J connectivity index is 2.12. The van der Waals surface area contributed by atoms with E-state index in [1.54, 1.807) is 0 Å². The van der Waals surface area contributed by atoms with Crippen molar-refractivity contribution in [2.24, 2.45) is 5.92 Å². The van der Waals surface area contributed by atoms with Crippen LogP contribution in [0.5, 0.6) is 0 Å². The number of hydrogen-bond donors (Lipinski definition) is 1. The minimum absolute atomic E-state index is 0.358. The smallest absolute Gasteiger partial charge is 0.0803 e. The maximum Gasteiger partial charge on any atom is 0.0803 e.